The second kappa shape index (κ2) is 10.0. The van der Waals surface area contributed by atoms with Crippen molar-refractivity contribution in [2.24, 2.45) is 13.0 Å². The van der Waals surface area contributed by atoms with Gasteiger partial charge in [-0.25, -0.2) is 9.48 Å². The third-order valence-electron chi connectivity index (χ3n) is 8.80. The van der Waals surface area contributed by atoms with E-state index >= 15 is 0 Å². The highest BCUT2D eigenvalue weighted by Gasteiger charge is 2.48. The van der Waals surface area contributed by atoms with Crippen LogP contribution in [0.3, 0.4) is 0 Å². The van der Waals surface area contributed by atoms with Crippen LogP contribution in [0.2, 0.25) is 0 Å². The Balaban J connectivity index is 1.37. The Kier molecular flexibility index (Phi) is 6.58. The van der Waals surface area contributed by atoms with Crippen molar-refractivity contribution in [3.05, 3.63) is 58.1 Å². The van der Waals surface area contributed by atoms with E-state index in [-0.39, 0.29) is 36.5 Å². The Hall–Kier alpha value is -3.42. The first-order valence-corrected chi connectivity index (χ1v) is 14.0. The van der Waals surface area contributed by atoms with Crippen molar-refractivity contribution in [1.29, 1.82) is 0 Å². The summed E-state index contributed by atoms with van der Waals surface area (Å²) >= 11 is 0. The highest BCUT2D eigenvalue weighted by Crippen LogP contribution is 2.45. The van der Waals surface area contributed by atoms with Gasteiger partial charge in [-0.2, -0.15) is 0 Å². The third kappa shape index (κ3) is 4.33. The smallest absolute Gasteiger partial charge is 0.410 e. The number of aromatic nitrogens is 3. The molecule has 0 radical (unpaired) electrons. The molecule has 1 saturated carbocycles. The molecule has 3 aliphatic rings. The lowest BCUT2D eigenvalue weighted by Gasteiger charge is -2.29. The zero-order valence-electron chi connectivity index (χ0n) is 22.5. The normalized spacial score (nSPS) is 21.9. The molecule has 2 aromatic carbocycles. The zero-order chi connectivity index (χ0) is 26.4. The summed E-state index contributed by atoms with van der Waals surface area (Å²) in [7, 11) is 1.88. The standard InChI is InChI=1S/C30H36N4O4/c1-4-37-27(35)16-23(22-12-13-25-28(18(22)2)31-32-33(25)3)20-10-11-21-15-26-29(24(21)14-20)34(30(36)38-26)17-19-8-6-5-7-9-19/h10-14,19,23,26,29H,4-9,15-17H2,1-3H3. The van der Waals surface area contributed by atoms with E-state index in [0.29, 0.717) is 12.5 Å². The maximum atomic E-state index is 12.9. The number of hydrogen-bond acceptors (Lipinski definition) is 6. The van der Waals surface area contributed by atoms with Gasteiger partial charge in [0.15, 0.2) is 0 Å². The lowest BCUT2D eigenvalue weighted by atomic mass is 9.84. The molecular formula is C30H36N4O4. The molecule has 8 heteroatoms. The second-order valence-electron chi connectivity index (χ2n) is 11.1. The van der Waals surface area contributed by atoms with Crippen molar-refractivity contribution >= 4 is 23.1 Å². The van der Waals surface area contributed by atoms with Crippen molar-refractivity contribution in [3.63, 3.8) is 0 Å². The molecule has 3 aromatic rings. The maximum Gasteiger partial charge on any atom is 0.410 e. The average molecular weight is 517 g/mol. The van der Waals surface area contributed by atoms with Gasteiger partial charge in [-0.1, -0.05) is 48.7 Å². The van der Waals surface area contributed by atoms with Crippen LogP contribution in [0.4, 0.5) is 4.79 Å². The largest absolute Gasteiger partial charge is 0.466 e. The lowest BCUT2D eigenvalue weighted by Crippen LogP contribution is -2.33. The summed E-state index contributed by atoms with van der Waals surface area (Å²) in [5.41, 5.74) is 7.27. The van der Waals surface area contributed by atoms with Crippen LogP contribution >= 0.6 is 0 Å². The van der Waals surface area contributed by atoms with E-state index in [9.17, 15) is 9.59 Å². The van der Waals surface area contributed by atoms with Crippen molar-refractivity contribution in [1.82, 2.24) is 19.9 Å². The van der Waals surface area contributed by atoms with Gasteiger partial charge >= 0.3 is 12.1 Å². The van der Waals surface area contributed by atoms with Crippen molar-refractivity contribution in [2.75, 3.05) is 13.2 Å². The van der Waals surface area contributed by atoms with Crippen molar-refractivity contribution in [3.8, 4) is 0 Å². The third-order valence-corrected chi connectivity index (χ3v) is 8.80. The Labute approximate surface area is 223 Å². The minimum Gasteiger partial charge on any atom is -0.466 e. The summed E-state index contributed by atoms with van der Waals surface area (Å²) in [6.07, 6.45) is 6.78. The topological polar surface area (TPSA) is 86.6 Å². The predicted octanol–water partition coefficient (Wildman–Crippen LogP) is 5.36. The SMILES string of the molecule is CCOC(=O)CC(c1ccc2c(c1)C1C(C2)OC(=O)N1CC1CCCCC1)c1ccc2c(nnn2C)c1C. The van der Waals surface area contributed by atoms with Gasteiger partial charge in [0.05, 0.1) is 24.6 Å². The summed E-state index contributed by atoms with van der Waals surface area (Å²) in [4.78, 5) is 27.7. The van der Waals surface area contributed by atoms with Crippen LogP contribution < -0.4 is 0 Å². The zero-order valence-corrected chi connectivity index (χ0v) is 22.5. The first kappa shape index (κ1) is 24.9. The van der Waals surface area contributed by atoms with Crippen LogP contribution in [0.5, 0.6) is 0 Å². The fraction of sp³-hybridized carbons (Fsp3) is 0.533. The van der Waals surface area contributed by atoms with E-state index < -0.39 is 0 Å². The Morgan fingerprint density at radius 3 is 2.79 bits per heavy atom. The van der Waals surface area contributed by atoms with Crippen molar-refractivity contribution in [2.45, 2.75) is 76.9 Å². The number of carbonyl (C=O) groups is 2. The Morgan fingerprint density at radius 2 is 2.00 bits per heavy atom. The maximum absolute atomic E-state index is 12.9. The molecule has 2 aliphatic carbocycles. The number of nitrogens with zero attached hydrogens (tertiary/aromatic N) is 4. The first-order valence-electron chi connectivity index (χ1n) is 14.0. The molecule has 1 saturated heterocycles. The van der Waals surface area contributed by atoms with Crippen LogP contribution in [0.15, 0.2) is 30.3 Å². The minimum absolute atomic E-state index is 0.0637. The number of esters is 1. The summed E-state index contributed by atoms with van der Waals surface area (Å²) in [6, 6.07) is 10.5. The van der Waals surface area contributed by atoms with Gasteiger partial charge in [-0.15, -0.1) is 5.10 Å². The van der Waals surface area contributed by atoms with Crippen molar-refractivity contribution < 1.29 is 19.1 Å². The Morgan fingerprint density at radius 1 is 1.18 bits per heavy atom. The second-order valence-corrected chi connectivity index (χ2v) is 11.1. The Bertz CT molecular complexity index is 1380. The number of benzene rings is 2. The summed E-state index contributed by atoms with van der Waals surface area (Å²) in [5.74, 6) is 0.114. The lowest BCUT2D eigenvalue weighted by molar-refractivity contribution is -0.143. The fourth-order valence-corrected chi connectivity index (χ4v) is 6.86. The average Bonchev–Trinajstić information content (AvgIpc) is 3.56. The predicted molar refractivity (Wildman–Crippen MR) is 143 cm³/mol. The molecule has 0 bridgehead atoms. The molecule has 2 fully saturated rings. The first-order chi connectivity index (χ1) is 18.4. The molecule has 1 aliphatic heterocycles. The molecule has 8 nitrogen and oxygen atoms in total. The van der Waals surface area contributed by atoms with Gasteiger partial charge < -0.3 is 9.47 Å². The van der Waals surface area contributed by atoms with Crippen LogP contribution in [0, 0.1) is 12.8 Å². The van der Waals surface area contributed by atoms with E-state index in [0.717, 1.165) is 46.3 Å². The number of amides is 1. The molecule has 6 rings (SSSR count). The monoisotopic (exact) mass is 516 g/mol. The van der Waals surface area contributed by atoms with Crippen LogP contribution in [0.25, 0.3) is 11.0 Å². The van der Waals surface area contributed by atoms with Gasteiger partial charge in [0, 0.05) is 25.9 Å². The molecule has 200 valence electrons. The number of rotatable bonds is 7. The van der Waals surface area contributed by atoms with Crippen LogP contribution in [-0.4, -0.2) is 51.2 Å². The number of hydrogen-bond donors (Lipinski definition) is 0. The highest BCUT2D eigenvalue weighted by molar-refractivity contribution is 5.80. The van der Waals surface area contributed by atoms with Gasteiger partial charge in [0.1, 0.15) is 11.6 Å². The van der Waals surface area contributed by atoms with E-state index in [4.69, 9.17) is 9.47 Å². The molecule has 38 heavy (non-hydrogen) atoms. The van der Waals surface area contributed by atoms with Gasteiger partial charge in [0.2, 0.25) is 0 Å². The van der Waals surface area contributed by atoms with Gasteiger partial charge in [-0.3, -0.25) is 9.69 Å². The number of ether oxygens (including phenoxy) is 2. The van der Waals surface area contributed by atoms with Gasteiger partial charge in [0.25, 0.3) is 0 Å². The number of carbonyl (C=O) groups excluding carboxylic acids is 2. The van der Waals surface area contributed by atoms with E-state index in [2.05, 4.69) is 34.6 Å². The summed E-state index contributed by atoms with van der Waals surface area (Å²) in [6.45, 7) is 4.98. The molecule has 3 unspecified atom stereocenters. The van der Waals surface area contributed by atoms with E-state index in [1.54, 1.807) is 4.68 Å². The number of fused-ring (bicyclic) bond motifs is 4. The van der Waals surface area contributed by atoms with E-state index in [1.165, 1.54) is 37.7 Å². The molecule has 1 aromatic heterocycles. The molecule has 0 spiro atoms. The van der Waals surface area contributed by atoms with E-state index in [1.807, 2.05) is 31.9 Å². The molecule has 2 heterocycles. The minimum atomic E-state index is -0.229. The molecule has 0 N–H and O–H groups in total. The van der Waals surface area contributed by atoms with Gasteiger partial charge in [-0.05, 0) is 66.5 Å². The fourth-order valence-electron chi connectivity index (χ4n) is 6.86. The number of aryl methyl sites for hydroxylation is 2. The molecule has 3 atom stereocenters. The van der Waals surface area contributed by atoms with Crippen LogP contribution in [0.1, 0.15) is 85.2 Å². The molecule has 1 amide bonds. The summed E-state index contributed by atoms with van der Waals surface area (Å²) in [5, 5.41) is 8.57. The summed E-state index contributed by atoms with van der Waals surface area (Å²) < 4.78 is 13.0. The van der Waals surface area contributed by atoms with Crippen LogP contribution in [-0.2, 0) is 27.7 Å². The quantitative estimate of drug-likeness (QED) is 0.393. The highest BCUT2D eigenvalue weighted by atomic mass is 16.6. The molecular weight excluding hydrogens is 480 g/mol.